The van der Waals surface area contributed by atoms with Gasteiger partial charge in [-0.25, -0.2) is 4.79 Å². The third-order valence-electron chi connectivity index (χ3n) is 6.14. The van der Waals surface area contributed by atoms with Crippen LogP contribution in [-0.2, 0) is 66.5 Å². The molecule has 3 saturated heterocycles. The third-order valence-corrected chi connectivity index (χ3v) is 6.66. The molecule has 0 radical (unpaired) electrons. The van der Waals surface area contributed by atoms with Gasteiger partial charge < -0.3 is 47.4 Å². The predicted molar refractivity (Wildman–Crippen MR) is 144 cm³/mol. The van der Waals surface area contributed by atoms with Crippen LogP contribution in [0, 0.1) is 5.41 Å². The van der Waals surface area contributed by atoms with Crippen molar-refractivity contribution in [3.8, 4) is 0 Å². The summed E-state index contributed by atoms with van der Waals surface area (Å²) < 4.78 is 51.9. The number of esters is 4. The molecule has 0 saturated carbocycles. The molecule has 22 heteroatoms. The van der Waals surface area contributed by atoms with Gasteiger partial charge in [0.05, 0.1) is 0 Å². The van der Waals surface area contributed by atoms with Crippen LogP contribution in [0.1, 0.15) is 27.7 Å². The minimum atomic E-state index is -2.42. The topological polar surface area (TPSA) is 250 Å². The standard InChI is InChI=1S/C23H27Cl3N4O15/c1-7(31)36-5-11-14(38-9(3)33)16(13(29-30-28)19(40-11)45-21(27)23(24,25)26)42-20-18(39-10(4)34)17-15(43-22(35)44-17)12(41-20)6-37-8(2)32/h11-20,27H,5-6H2,1-4H3/t11?,12?,13?,14?,15?,16-,17+,18?,19+,20+/m1/s1. The van der Waals surface area contributed by atoms with Crippen LogP contribution in [0.15, 0.2) is 5.11 Å². The molecule has 0 aliphatic carbocycles. The number of hydrogen-bond acceptors (Lipinski definition) is 17. The molecule has 0 amide bonds. The molecule has 0 spiro atoms. The largest absolute Gasteiger partial charge is 0.509 e. The molecule has 45 heavy (non-hydrogen) atoms. The van der Waals surface area contributed by atoms with Gasteiger partial charge in [-0.3, -0.25) is 24.6 Å². The van der Waals surface area contributed by atoms with E-state index in [0.717, 1.165) is 27.7 Å². The predicted octanol–water partition coefficient (Wildman–Crippen LogP) is 1.76. The van der Waals surface area contributed by atoms with E-state index in [1.807, 2.05) is 0 Å². The maximum atomic E-state index is 12.2. The van der Waals surface area contributed by atoms with Gasteiger partial charge in [0, 0.05) is 32.6 Å². The minimum absolute atomic E-state index is 0.484. The fourth-order valence-corrected chi connectivity index (χ4v) is 4.63. The summed E-state index contributed by atoms with van der Waals surface area (Å²) in [6.45, 7) is 3.17. The Morgan fingerprint density at radius 1 is 0.822 bits per heavy atom. The number of rotatable bonds is 10. The second-order valence-corrected chi connectivity index (χ2v) is 11.8. The lowest BCUT2D eigenvalue weighted by atomic mass is 9.95. The van der Waals surface area contributed by atoms with Crippen LogP contribution >= 0.6 is 34.8 Å². The zero-order valence-corrected chi connectivity index (χ0v) is 26.1. The van der Waals surface area contributed by atoms with Crippen molar-refractivity contribution in [2.75, 3.05) is 13.2 Å². The van der Waals surface area contributed by atoms with E-state index in [1.54, 1.807) is 0 Å². The summed E-state index contributed by atoms with van der Waals surface area (Å²) in [6, 6.07) is -1.69. The molecule has 19 nitrogen and oxygen atoms in total. The monoisotopic (exact) mass is 704 g/mol. The van der Waals surface area contributed by atoms with E-state index >= 15 is 0 Å². The summed E-state index contributed by atoms with van der Waals surface area (Å²) in [5.41, 5.74) is 9.41. The Bertz CT molecular complexity index is 1230. The molecule has 0 aromatic rings. The number of hydrogen-bond donors (Lipinski definition) is 1. The van der Waals surface area contributed by atoms with Gasteiger partial charge in [-0.15, -0.1) is 0 Å². The Morgan fingerprint density at radius 3 is 1.89 bits per heavy atom. The second kappa shape index (κ2) is 15.3. The van der Waals surface area contributed by atoms with Gasteiger partial charge in [0.1, 0.15) is 37.6 Å². The Hall–Kier alpha value is -3.32. The molecule has 0 aromatic carbocycles. The second-order valence-electron chi connectivity index (χ2n) is 9.49. The molecule has 0 bridgehead atoms. The highest BCUT2D eigenvalue weighted by Gasteiger charge is 2.59. The summed E-state index contributed by atoms with van der Waals surface area (Å²) in [6.07, 6.45) is -14.8. The minimum Gasteiger partial charge on any atom is -0.463 e. The number of alkyl halides is 3. The van der Waals surface area contributed by atoms with Gasteiger partial charge in [0.15, 0.2) is 30.7 Å². The fourth-order valence-electron chi connectivity index (χ4n) is 4.50. The van der Waals surface area contributed by atoms with Crippen molar-refractivity contribution in [1.82, 2.24) is 0 Å². The van der Waals surface area contributed by atoms with Gasteiger partial charge in [-0.1, -0.05) is 39.9 Å². The Balaban J connectivity index is 2.10. The van der Waals surface area contributed by atoms with Crippen molar-refractivity contribution in [2.45, 2.75) is 92.8 Å². The number of nitrogens with zero attached hydrogens (tertiary/aromatic N) is 3. The number of nitrogens with one attached hydrogen (secondary N) is 1. The van der Waals surface area contributed by atoms with E-state index in [9.17, 15) is 29.5 Å². The van der Waals surface area contributed by atoms with Crippen molar-refractivity contribution in [3.05, 3.63) is 10.4 Å². The zero-order valence-electron chi connectivity index (χ0n) is 23.8. The number of carbonyl (C=O) groups excluding carboxylic acids is 5. The molecular formula is C23H27Cl3N4O15. The number of fused-ring (bicyclic) bond motifs is 1. The van der Waals surface area contributed by atoms with E-state index in [2.05, 4.69) is 10.0 Å². The summed E-state index contributed by atoms with van der Waals surface area (Å²) in [5.74, 6) is -4.25. The molecule has 6 unspecified atom stereocenters. The number of halogens is 3. The first-order valence-corrected chi connectivity index (χ1v) is 14.0. The van der Waals surface area contributed by atoms with E-state index in [-0.39, 0.29) is 0 Å². The van der Waals surface area contributed by atoms with Crippen molar-refractivity contribution < 1.29 is 71.3 Å². The Labute approximate surface area is 268 Å². The molecule has 3 rings (SSSR count). The van der Waals surface area contributed by atoms with Gasteiger partial charge in [-0.05, 0) is 5.53 Å². The van der Waals surface area contributed by atoms with E-state index in [0.29, 0.717) is 0 Å². The molecule has 3 fully saturated rings. The lowest BCUT2D eigenvalue weighted by Crippen LogP contribution is -2.65. The van der Waals surface area contributed by atoms with E-state index in [4.69, 9.17) is 87.6 Å². The lowest BCUT2D eigenvalue weighted by molar-refractivity contribution is -0.331. The summed E-state index contributed by atoms with van der Waals surface area (Å²) in [5, 5.41) is 11.6. The fraction of sp³-hybridized carbons (Fsp3) is 0.739. The highest BCUT2D eigenvalue weighted by Crippen LogP contribution is 2.38. The first-order valence-electron chi connectivity index (χ1n) is 12.8. The van der Waals surface area contributed by atoms with E-state index in [1.165, 1.54) is 0 Å². The Morgan fingerprint density at radius 2 is 1.36 bits per heavy atom. The van der Waals surface area contributed by atoms with E-state index < -0.39 is 114 Å². The third kappa shape index (κ3) is 9.59. The smallest absolute Gasteiger partial charge is 0.463 e. The maximum absolute atomic E-state index is 12.2. The van der Waals surface area contributed by atoms with Gasteiger partial charge in [-0.2, -0.15) is 0 Å². The average Bonchev–Trinajstić information content (AvgIpc) is 3.31. The van der Waals surface area contributed by atoms with Gasteiger partial charge in [0.25, 0.3) is 3.79 Å². The molecule has 0 aromatic heterocycles. The zero-order chi connectivity index (χ0) is 33.6. The SMILES string of the molecule is CC(=O)OCC1O[C@@H](OC(=N)C(Cl)(Cl)Cl)C(N=[N+]=[N-])[C@@H](O[C@@H]2OC(COC(C)=O)C3OC(=O)O[C@@H]3C2OC(C)=O)C1OC(C)=O. The highest BCUT2D eigenvalue weighted by molar-refractivity contribution is 6.76. The molecule has 3 aliphatic rings. The lowest BCUT2D eigenvalue weighted by Gasteiger charge is -2.47. The summed E-state index contributed by atoms with van der Waals surface area (Å²) in [4.78, 5) is 62.3. The Kier molecular flexibility index (Phi) is 12.3. The first-order chi connectivity index (χ1) is 21.0. The normalized spacial score (nSPS) is 32.4. The molecular weight excluding hydrogens is 679 g/mol. The van der Waals surface area contributed by atoms with Gasteiger partial charge >= 0.3 is 30.0 Å². The van der Waals surface area contributed by atoms with Crippen molar-refractivity contribution in [2.24, 2.45) is 5.11 Å². The van der Waals surface area contributed by atoms with Crippen LogP contribution in [0.4, 0.5) is 4.79 Å². The maximum Gasteiger partial charge on any atom is 0.509 e. The van der Waals surface area contributed by atoms with Crippen molar-refractivity contribution >= 4 is 70.7 Å². The summed E-state index contributed by atoms with van der Waals surface area (Å²) >= 11 is 17.3. The molecule has 3 aliphatic heterocycles. The van der Waals surface area contributed by atoms with Crippen molar-refractivity contribution in [1.29, 1.82) is 5.41 Å². The molecule has 250 valence electrons. The number of azide groups is 1. The van der Waals surface area contributed by atoms with Crippen LogP contribution in [0.3, 0.4) is 0 Å². The van der Waals surface area contributed by atoms with Crippen LogP contribution < -0.4 is 0 Å². The summed E-state index contributed by atoms with van der Waals surface area (Å²) in [7, 11) is 0. The molecule has 3 heterocycles. The van der Waals surface area contributed by atoms with Crippen LogP contribution in [0.5, 0.6) is 0 Å². The molecule has 1 N–H and O–H groups in total. The first kappa shape index (κ1) is 36.2. The van der Waals surface area contributed by atoms with Gasteiger partial charge in [0.2, 0.25) is 12.2 Å². The van der Waals surface area contributed by atoms with Crippen LogP contribution in [-0.4, -0.2) is 114 Å². The highest BCUT2D eigenvalue weighted by atomic mass is 35.6. The van der Waals surface area contributed by atoms with Crippen LogP contribution in [0.25, 0.3) is 10.4 Å². The number of ether oxygens (including phenoxy) is 10. The quantitative estimate of drug-likeness (QED) is 0.0497. The average molecular weight is 706 g/mol. The van der Waals surface area contributed by atoms with Crippen LogP contribution in [0.2, 0.25) is 0 Å². The van der Waals surface area contributed by atoms with Crippen molar-refractivity contribution in [3.63, 3.8) is 0 Å². The number of carbonyl (C=O) groups is 5. The molecule has 10 atom stereocenters.